The zero-order valence-corrected chi connectivity index (χ0v) is 53.1. The first-order valence-electron chi connectivity index (χ1n) is 27.6. The summed E-state index contributed by atoms with van der Waals surface area (Å²) in [5.74, 6) is -72.0. The molecule has 0 atom stereocenters. The van der Waals surface area contributed by atoms with E-state index in [1.54, 1.807) is 36.4 Å². The molecular formula is C66H33BF20O9S4. The summed E-state index contributed by atoms with van der Waals surface area (Å²) in [6.07, 6.45) is -7.22. The fourth-order valence-electron chi connectivity index (χ4n) is 10.6. The van der Waals surface area contributed by atoms with Crippen LogP contribution in [0.15, 0.2) is 190 Å². The van der Waals surface area contributed by atoms with Crippen LogP contribution in [0.1, 0.15) is 51.8 Å². The lowest BCUT2D eigenvalue weighted by Crippen LogP contribution is -2.81. The molecule has 0 aliphatic rings. The zero-order chi connectivity index (χ0) is 74.1. The highest BCUT2D eigenvalue weighted by molar-refractivity contribution is 7.97. The molecule has 9 nitrogen and oxygen atoms in total. The lowest BCUT2D eigenvalue weighted by Gasteiger charge is -2.44. The van der Waals surface area contributed by atoms with Crippen LogP contribution in [0.25, 0.3) is 0 Å². The zero-order valence-electron chi connectivity index (χ0n) is 49.8. The van der Waals surface area contributed by atoms with Crippen molar-refractivity contribution in [3.8, 4) is 0 Å². The molecule has 100 heavy (non-hydrogen) atoms. The van der Waals surface area contributed by atoms with Gasteiger partial charge in [-0.05, 0) is 130 Å². The fraction of sp³-hybridized carbons (Fsp3) is 0.0455. The highest BCUT2D eigenvalue weighted by atomic mass is 32.2. The number of carbonyl (C=O) groups is 3. The topological polar surface area (TPSA) is 154 Å². The number of sulfone groups is 3. The highest BCUT2D eigenvalue weighted by Gasteiger charge is 2.52. The Morgan fingerprint density at radius 2 is 0.360 bits per heavy atom. The standard InChI is InChI=1S/C42H33O9S4.C24BF20/c1-28(43)31-4-16-37(17-5-31)53(46,47)40-22-10-34(11-23-40)52(35-12-24-41(25-13-35)54(48,49)38-18-6-32(7-19-38)29(2)44)36-14-26-42(27-15-36)55(50,51)39-20-8-33(9-21-39)30(3)45;26-5-1(6(27)14(35)21(42)13(5)34)25(2-7(28)15(36)22(43)16(37)8(2)29,3-9(30)17(38)23(44)18(39)10(3)31)4-11(32)19(40)24(45)20(41)12(4)33/h4-27H,1-3H3;/q+1;-1. The Morgan fingerprint density at radius 1 is 0.230 bits per heavy atom. The molecule has 0 heterocycles. The third-order valence-corrected chi connectivity index (χ3v) is 23.1. The minimum Gasteiger partial charge on any atom is -0.295 e. The monoisotopic (exact) mass is 1490 g/mol. The maximum Gasteiger partial charge on any atom is 0.206 e. The molecule has 0 fully saturated rings. The fourth-order valence-corrected chi connectivity index (χ4v) is 16.4. The van der Waals surface area contributed by atoms with Gasteiger partial charge in [0.15, 0.2) is 102 Å². The number of Topliss-reactive ketones (excluding diaryl/α,β-unsaturated/α-hetero) is 3. The molecule has 0 radical (unpaired) electrons. The van der Waals surface area contributed by atoms with E-state index >= 15 is 35.1 Å². The number of hydrogen-bond donors (Lipinski definition) is 0. The van der Waals surface area contributed by atoms with E-state index in [-0.39, 0.29) is 46.7 Å². The van der Waals surface area contributed by atoms with Gasteiger partial charge in [-0.15, -0.1) is 21.9 Å². The molecule has 0 spiro atoms. The summed E-state index contributed by atoms with van der Waals surface area (Å²) in [6.45, 7) is 4.17. The summed E-state index contributed by atoms with van der Waals surface area (Å²) < 4.78 is 375. The van der Waals surface area contributed by atoms with Gasteiger partial charge in [0.2, 0.25) is 29.5 Å². The third-order valence-electron chi connectivity index (χ3n) is 15.5. The number of rotatable bonds is 16. The van der Waals surface area contributed by atoms with Gasteiger partial charge in [-0.3, -0.25) is 14.4 Å². The summed E-state index contributed by atoms with van der Waals surface area (Å²) in [6, 6.07) is 35.8. The third kappa shape index (κ3) is 12.6. The van der Waals surface area contributed by atoms with E-state index in [0.29, 0.717) is 31.4 Å². The molecule has 0 aromatic heterocycles. The van der Waals surface area contributed by atoms with Crippen LogP contribution in [0.2, 0.25) is 0 Å². The normalized spacial score (nSPS) is 12.0. The molecule has 0 bridgehead atoms. The minimum atomic E-state index is -7.22. The molecule has 0 amide bonds. The molecule has 0 saturated carbocycles. The van der Waals surface area contributed by atoms with Gasteiger partial charge in [0.1, 0.15) is 52.7 Å². The lowest BCUT2D eigenvalue weighted by atomic mass is 9.12. The lowest BCUT2D eigenvalue weighted by molar-refractivity contribution is 0.100. The molecule has 10 aromatic carbocycles. The first-order valence-corrected chi connectivity index (χ1v) is 33.2. The van der Waals surface area contributed by atoms with E-state index in [1.165, 1.54) is 130 Å². The highest BCUT2D eigenvalue weighted by Crippen LogP contribution is 2.37. The van der Waals surface area contributed by atoms with Crippen LogP contribution in [0.5, 0.6) is 0 Å². The summed E-state index contributed by atoms with van der Waals surface area (Å²) in [5, 5.41) is 0. The summed E-state index contributed by atoms with van der Waals surface area (Å²) in [5.41, 5.74) is -13.2. The SMILES string of the molecule is CC(=O)c1ccc(S(=O)(=O)c2ccc([S+](c3ccc(S(=O)(=O)c4ccc(C(C)=O)cc4)cc3)c3ccc(S(=O)(=O)c4ccc(C(C)=O)cc4)cc3)cc2)cc1.Fc1c(F)c(F)c([B-](c2c(F)c(F)c(F)c(F)c2F)(c2c(F)c(F)c(F)c(F)c2F)c2c(F)c(F)c(F)c(F)c2F)c(F)c1F. The average molecular weight is 1490 g/mol. The molecular weight excluding hydrogens is 1460 g/mol. The minimum absolute atomic E-state index is 0.0183. The summed E-state index contributed by atoms with van der Waals surface area (Å²) in [4.78, 5) is 37.2. The van der Waals surface area contributed by atoms with Crippen LogP contribution in [0, 0.1) is 116 Å². The Morgan fingerprint density at radius 3 is 0.500 bits per heavy atom. The van der Waals surface area contributed by atoms with Gasteiger partial charge >= 0.3 is 0 Å². The van der Waals surface area contributed by atoms with Gasteiger partial charge in [-0.2, -0.15) is 0 Å². The predicted molar refractivity (Wildman–Crippen MR) is 316 cm³/mol. The van der Waals surface area contributed by atoms with Crippen LogP contribution < -0.4 is 21.9 Å². The van der Waals surface area contributed by atoms with Crippen molar-refractivity contribution in [2.75, 3.05) is 0 Å². The first-order chi connectivity index (χ1) is 46.7. The van der Waals surface area contributed by atoms with Crippen LogP contribution in [-0.4, -0.2) is 48.7 Å². The number of halogens is 20. The second-order valence-electron chi connectivity index (χ2n) is 21.3. The molecule has 0 aliphatic carbocycles. The van der Waals surface area contributed by atoms with Crippen molar-refractivity contribution in [1.29, 1.82) is 0 Å². The number of ketones is 3. The van der Waals surface area contributed by atoms with E-state index in [2.05, 4.69) is 0 Å². The van der Waals surface area contributed by atoms with E-state index in [0.717, 1.165) is 0 Å². The molecule has 0 unspecified atom stereocenters. The number of benzene rings is 10. The van der Waals surface area contributed by atoms with Gasteiger partial charge in [0.25, 0.3) is 0 Å². The van der Waals surface area contributed by atoms with Gasteiger partial charge in [-0.1, -0.05) is 36.4 Å². The summed E-state index contributed by atoms with van der Waals surface area (Å²) in [7, 11) is -12.8. The Labute approximate surface area is 554 Å². The van der Waals surface area contributed by atoms with Gasteiger partial charge < -0.3 is 0 Å². The Balaban J connectivity index is 0.000000238. The van der Waals surface area contributed by atoms with Crippen LogP contribution >= 0.6 is 0 Å². The van der Waals surface area contributed by atoms with Crippen molar-refractivity contribution in [2.24, 2.45) is 0 Å². The van der Waals surface area contributed by atoms with Crippen molar-refractivity contribution in [2.45, 2.75) is 64.8 Å². The quantitative estimate of drug-likeness (QED) is 0.0230. The van der Waals surface area contributed by atoms with E-state index < -0.39 is 185 Å². The average Bonchev–Trinajstić information content (AvgIpc) is 0.681. The van der Waals surface area contributed by atoms with E-state index in [1.807, 2.05) is 0 Å². The molecule has 0 saturated heterocycles. The van der Waals surface area contributed by atoms with Crippen molar-refractivity contribution >= 4 is 85.8 Å². The van der Waals surface area contributed by atoms with E-state index in [9.17, 15) is 92.3 Å². The van der Waals surface area contributed by atoms with Gasteiger partial charge in [0, 0.05) is 16.7 Å². The molecule has 0 aliphatic heterocycles. The van der Waals surface area contributed by atoms with Crippen LogP contribution in [0.3, 0.4) is 0 Å². The van der Waals surface area contributed by atoms with Crippen molar-refractivity contribution in [3.63, 3.8) is 0 Å². The maximum atomic E-state index is 15.4. The molecule has 34 heteroatoms. The van der Waals surface area contributed by atoms with Crippen molar-refractivity contribution < 1.29 is 127 Å². The van der Waals surface area contributed by atoms with Gasteiger partial charge in [-0.25, -0.2) is 113 Å². The Kier molecular flexibility index (Phi) is 20.5. The Hall–Kier alpha value is -9.93. The van der Waals surface area contributed by atoms with Crippen molar-refractivity contribution in [3.05, 3.63) is 279 Å². The number of hydrogen-bond acceptors (Lipinski definition) is 9. The maximum absolute atomic E-state index is 15.4. The second-order valence-corrected chi connectivity index (χ2v) is 29.1. The molecule has 0 N–H and O–H groups in total. The molecule has 518 valence electrons. The first kappa shape index (κ1) is 74.3. The predicted octanol–water partition coefficient (Wildman–Crippen LogP) is 13.7. The van der Waals surface area contributed by atoms with Crippen LogP contribution in [0.4, 0.5) is 87.8 Å². The number of carbonyl (C=O) groups excluding carboxylic acids is 3. The Bertz CT molecular complexity index is 4710. The molecule has 10 rings (SSSR count). The second kappa shape index (κ2) is 27.7. The van der Waals surface area contributed by atoms with E-state index in [4.69, 9.17) is 0 Å². The summed E-state index contributed by atoms with van der Waals surface area (Å²) >= 11 is 0. The van der Waals surface area contributed by atoms with Gasteiger partial charge in [0.05, 0.1) is 40.3 Å². The smallest absolute Gasteiger partial charge is 0.206 e. The largest absolute Gasteiger partial charge is 0.295 e. The van der Waals surface area contributed by atoms with Crippen molar-refractivity contribution in [1.82, 2.24) is 0 Å². The molecule has 10 aromatic rings. The van der Waals surface area contributed by atoms with Crippen LogP contribution in [-0.2, 0) is 40.4 Å².